The summed E-state index contributed by atoms with van der Waals surface area (Å²) < 4.78 is 5.42. The number of rotatable bonds is 3. The number of nitrogens with zero attached hydrogens (tertiary/aromatic N) is 2. The van der Waals surface area contributed by atoms with Crippen molar-refractivity contribution in [3.8, 4) is 0 Å². The van der Waals surface area contributed by atoms with E-state index < -0.39 is 4.92 Å². The number of anilines is 1. The van der Waals surface area contributed by atoms with Crippen molar-refractivity contribution >= 4 is 28.2 Å². The summed E-state index contributed by atoms with van der Waals surface area (Å²) in [6.07, 6.45) is 0.549. The second-order valence-corrected chi connectivity index (χ2v) is 5.73. The molecule has 0 aliphatic carbocycles. The van der Waals surface area contributed by atoms with Gasteiger partial charge < -0.3 is 10.1 Å². The molecule has 1 fully saturated rings. The molecule has 7 nitrogen and oxygen atoms in total. The Bertz CT molecular complexity index is 790. The maximum absolute atomic E-state index is 12.5. The summed E-state index contributed by atoms with van der Waals surface area (Å²) in [5.74, 6) is -0.342. The largest absolute Gasteiger partial charge is 0.378 e. The van der Waals surface area contributed by atoms with Crippen molar-refractivity contribution in [1.29, 1.82) is 0 Å². The van der Waals surface area contributed by atoms with Gasteiger partial charge in [-0.25, -0.2) is 0 Å². The maximum atomic E-state index is 12.5. The number of carbonyl (C=O) groups excluding carboxylic acids is 1. The third kappa shape index (κ3) is 3.00. The number of aryl methyl sites for hydroxylation is 1. The number of aromatic nitrogens is 1. The summed E-state index contributed by atoms with van der Waals surface area (Å²) in [6, 6.07) is 6.17. The highest BCUT2D eigenvalue weighted by Crippen LogP contribution is 2.29. The molecule has 120 valence electrons. The molecule has 0 saturated carbocycles. The lowest BCUT2D eigenvalue weighted by Crippen LogP contribution is -2.27. The number of hydrogen-bond acceptors (Lipinski definition) is 5. The Balaban J connectivity index is 1.99. The molecular weight excluding hydrogens is 298 g/mol. The minimum Gasteiger partial charge on any atom is -0.378 e. The summed E-state index contributed by atoms with van der Waals surface area (Å²) in [7, 11) is 0. The van der Waals surface area contributed by atoms with Crippen LogP contribution < -0.4 is 5.32 Å². The number of nitro groups is 1. The van der Waals surface area contributed by atoms with Gasteiger partial charge in [0.05, 0.1) is 28.1 Å². The van der Waals surface area contributed by atoms with E-state index in [1.165, 1.54) is 12.1 Å². The first-order valence-corrected chi connectivity index (χ1v) is 7.44. The van der Waals surface area contributed by atoms with E-state index in [0.29, 0.717) is 29.6 Å². The minimum atomic E-state index is -0.461. The molecule has 1 aromatic heterocycles. The first kappa shape index (κ1) is 15.4. The molecule has 1 N–H and O–H groups in total. The molecular formula is C16H17N3O4. The third-order valence-electron chi connectivity index (χ3n) is 4.10. The van der Waals surface area contributed by atoms with Crippen molar-refractivity contribution in [3.05, 3.63) is 40.1 Å². The second kappa shape index (κ2) is 5.92. The van der Waals surface area contributed by atoms with Crippen LogP contribution in [0.1, 0.15) is 19.0 Å². The van der Waals surface area contributed by atoms with E-state index in [4.69, 9.17) is 4.74 Å². The van der Waals surface area contributed by atoms with Crippen LogP contribution in [0.5, 0.6) is 0 Å². The third-order valence-corrected chi connectivity index (χ3v) is 4.10. The maximum Gasteiger partial charge on any atom is 0.270 e. The number of nitrogens with one attached hydrogen (secondary N) is 1. The van der Waals surface area contributed by atoms with Crippen molar-refractivity contribution in [2.45, 2.75) is 26.4 Å². The fourth-order valence-corrected chi connectivity index (χ4v) is 2.86. The van der Waals surface area contributed by atoms with Gasteiger partial charge in [-0.15, -0.1) is 0 Å². The fraction of sp³-hybridized carbons (Fsp3) is 0.375. The molecule has 2 aromatic rings. The predicted molar refractivity (Wildman–Crippen MR) is 85.3 cm³/mol. The Labute approximate surface area is 132 Å². The van der Waals surface area contributed by atoms with Gasteiger partial charge in [0.15, 0.2) is 0 Å². The highest BCUT2D eigenvalue weighted by atomic mass is 16.6. The van der Waals surface area contributed by atoms with Crippen molar-refractivity contribution in [2.24, 2.45) is 5.92 Å². The van der Waals surface area contributed by atoms with Crippen LogP contribution in [0.3, 0.4) is 0 Å². The number of nitro benzene ring substituents is 1. The van der Waals surface area contributed by atoms with Crippen LogP contribution in [0.15, 0.2) is 24.3 Å². The first-order chi connectivity index (χ1) is 11.0. The van der Waals surface area contributed by atoms with E-state index in [0.717, 1.165) is 5.69 Å². The molecule has 2 atom stereocenters. The van der Waals surface area contributed by atoms with Crippen LogP contribution >= 0.6 is 0 Å². The number of fused-ring (bicyclic) bond motifs is 1. The zero-order chi connectivity index (χ0) is 16.6. The van der Waals surface area contributed by atoms with Crippen molar-refractivity contribution in [1.82, 2.24) is 4.98 Å². The van der Waals surface area contributed by atoms with Gasteiger partial charge in [-0.3, -0.25) is 19.9 Å². The van der Waals surface area contributed by atoms with Crippen molar-refractivity contribution in [3.63, 3.8) is 0 Å². The average Bonchev–Trinajstić information content (AvgIpc) is 2.92. The van der Waals surface area contributed by atoms with Crippen molar-refractivity contribution in [2.75, 3.05) is 11.9 Å². The van der Waals surface area contributed by atoms with Crippen LogP contribution in [-0.2, 0) is 9.53 Å². The Kier molecular flexibility index (Phi) is 3.96. The summed E-state index contributed by atoms with van der Waals surface area (Å²) in [6.45, 7) is 4.26. The number of pyridine rings is 1. The van der Waals surface area contributed by atoms with Gasteiger partial charge in [-0.2, -0.15) is 0 Å². The predicted octanol–water partition coefficient (Wildman–Crippen LogP) is 2.81. The van der Waals surface area contributed by atoms with Gasteiger partial charge >= 0.3 is 0 Å². The molecule has 0 spiro atoms. The van der Waals surface area contributed by atoms with Gasteiger partial charge in [0, 0.05) is 29.8 Å². The highest BCUT2D eigenvalue weighted by molar-refractivity contribution is 6.02. The van der Waals surface area contributed by atoms with Crippen LogP contribution in [0.25, 0.3) is 10.9 Å². The molecule has 23 heavy (non-hydrogen) atoms. The average molecular weight is 315 g/mol. The van der Waals surface area contributed by atoms with Crippen LogP contribution in [0, 0.1) is 23.0 Å². The molecule has 0 unspecified atom stereocenters. The lowest BCUT2D eigenvalue weighted by atomic mass is 10.0. The van der Waals surface area contributed by atoms with E-state index in [9.17, 15) is 14.9 Å². The Hall–Kier alpha value is -2.54. The highest BCUT2D eigenvalue weighted by Gasteiger charge is 2.31. The molecule has 1 aromatic carbocycles. The first-order valence-electron chi connectivity index (χ1n) is 7.44. The monoisotopic (exact) mass is 315 g/mol. The SMILES string of the molecule is Cc1cc(NC(=O)[C@H]2CCO[C@H]2C)c2cc([N+](=O)[O-])ccc2n1. The smallest absolute Gasteiger partial charge is 0.270 e. The fourth-order valence-electron chi connectivity index (χ4n) is 2.86. The quantitative estimate of drug-likeness (QED) is 0.694. The van der Waals surface area contributed by atoms with Gasteiger partial charge in [0.1, 0.15) is 0 Å². The van der Waals surface area contributed by atoms with Gasteiger partial charge in [-0.05, 0) is 32.4 Å². The van der Waals surface area contributed by atoms with Crippen molar-refractivity contribution < 1.29 is 14.5 Å². The van der Waals surface area contributed by atoms with Gasteiger partial charge in [0.2, 0.25) is 5.91 Å². The molecule has 2 heterocycles. The van der Waals surface area contributed by atoms with Crippen LogP contribution in [-0.4, -0.2) is 28.5 Å². The molecule has 7 heteroatoms. The van der Waals surface area contributed by atoms with Crippen LogP contribution in [0.4, 0.5) is 11.4 Å². The molecule has 1 aliphatic rings. The number of non-ortho nitro benzene ring substituents is 1. The zero-order valence-corrected chi connectivity index (χ0v) is 12.9. The Morgan fingerprint density at radius 1 is 1.43 bits per heavy atom. The summed E-state index contributed by atoms with van der Waals surface area (Å²) in [5, 5.41) is 14.4. The topological polar surface area (TPSA) is 94.4 Å². The van der Waals surface area contributed by atoms with Gasteiger partial charge in [-0.1, -0.05) is 0 Å². The van der Waals surface area contributed by atoms with E-state index in [-0.39, 0.29) is 23.6 Å². The Morgan fingerprint density at radius 3 is 2.87 bits per heavy atom. The standard InChI is InChI=1S/C16H17N3O4/c1-9-7-15(18-16(20)12-5-6-23-10(12)2)13-8-11(19(21)22)3-4-14(13)17-9/h3-4,7-8,10,12H,5-6H2,1-2H3,(H,17,18,20)/t10-,12-/m0/s1. The lowest BCUT2D eigenvalue weighted by Gasteiger charge is -2.15. The van der Waals surface area contributed by atoms with E-state index in [1.807, 2.05) is 13.8 Å². The Morgan fingerprint density at radius 2 is 2.22 bits per heavy atom. The number of benzene rings is 1. The normalized spacial score (nSPS) is 20.6. The number of hydrogen-bond donors (Lipinski definition) is 1. The molecule has 3 rings (SSSR count). The number of ether oxygens (including phenoxy) is 1. The molecule has 0 bridgehead atoms. The lowest BCUT2D eigenvalue weighted by molar-refractivity contribution is -0.384. The molecule has 1 amide bonds. The van der Waals surface area contributed by atoms with E-state index in [1.54, 1.807) is 12.1 Å². The summed E-state index contributed by atoms with van der Waals surface area (Å²) >= 11 is 0. The second-order valence-electron chi connectivity index (χ2n) is 5.73. The number of amides is 1. The number of carbonyl (C=O) groups is 1. The van der Waals surface area contributed by atoms with E-state index >= 15 is 0 Å². The van der Waals surface area contributed by atoms with Gasteiger partial charge in [0.25, 0.3) is 5.69 Å². The summed E-state index contributed by atoms with van der Waals surface area (Å²) in [5.41, 5.74) is 1.86. The van der Waals surface area contributed by atoms with E-state index in [2.05, 4.69) is 10.3 Å². The molecule has 1 saturated heterocycles. The zero-order valence-electron chi connectivity index (χ0n) is 12.9. The summed E-state index contributed by atoms with van der Waals surface area (Å²) in [4.78, 5) is 27.3. The molecule has 0 radical (unpaired) electrons. The van der Waals surface area contributed by atoms with Crippen LogP contribution in [0.2, 0.25) is 0 Å². The minimum absolute atomic E-state index is 0.0313. The molecule has 1 aliphatic heterocycles.